The van der Waals surface area contributed by atoms with Crippen molar-refractivity contribution >= 4 is 16.9 Å². The molecule has 0 aliphatic heterocycles. The lowest BCUT2D eigenvalue weighted by Crippen LogP contribution is -2.13. The summed E-state index contributed by atoms with van der Waals surface area (Å²) in [5.74, 6) is -0.217. The number of hydrogen-bond donors (Lipinski definition) is 2. The Hall–Kier alpha value is -2.79. The van der Waals surface area contributed by atoms with Crippen molar-refractivity contribution in [1.29, 1.82) is 0 Å². The molecule has 136 valence electrons. The van der Waals surface area contributed by atoms with Gasteiger partial charge in [0.15, 0.2) is 0 Å². The summed E-state index contributed by atoms with van der Waals surface area (Å²) in [5.41, 5.74) is 3.69. The Morgan fingerprint density at radius 2 is 1.88 bits per heavy atom. The molecule has 3 rings (SSSR count). The number of benzene rings is 2. The van der Waals surface area contributed by atoms with Crippen LogP contribution >= 0.6 is 0 Å². The highest BCUT2D eigenvalue weighted by Gasteiger charge is 2.24. The van der Waals surface area contributed by atoms with E-state index in [0.717, 1.165) is 27.7 Å². The average molecular weight is 352 g/mol. The number of esters is 1. The number of nitrogens with one attached hydrogen (secondary N) is 1. The highest BCUT2D eigenvalue weighted by atomic mass is 16.5. The molecule has 1 unspecified atom stereocenters. The average Bonchev–Trinajstić information content (AvgIpc) is 2.94. The number of phenols is 1. The Balaban J connectivity index is 2.02. The molecule has 0 fully saturated rings. The lowest BCUT2D eigenvalue weighted by molar-refractivity contribution is 0.0339. The van der Waals surface area contributed by atoms with E-state index in [4.69, 9.17) is 4.74 Å². The normalized spacial score (nSPS) is 12.5. The fourth-order valence-corrected chi connectivity index (χ4v) is 3.22. The van der Waals surface area contributed by atoms with Crippen LogP contribution < -0.4 is 0 Å². The van der Waals surface area contributed by atoms with Crippen molar-refractivity contribution < 1.29 is 14.6 Å². The Morgan fingerprint density at radius 1 is 1.19 bits per heavy atom. The van der Waals surface area contributed by atoms with Crippen molar-refractivity contribution in [3.63, 3.8) is 0 Å². The Kier molecular flexibility index (Phi) is 5.00. The second kappa shape index (κ2) is 7.22. The molecule has 1 heterocycles. The SMILES string of the molecule is Cc1[nH]c2ccc(O)c(CN(C)C)c2c1C(=O)OC(C)c1ccccc1. The van der Waals surface area contributed by atoms with Crippen molar-refractivity contribution in [2.75, 3.05) is 14.1 Å². The van der Waals surface area contributed by atoms with Crippen LogP contribution in [0.1, 0.15) is 40.2 Å². The maximum atomic E-state index is 12.9. The second-order valence-electron chi connectivity index (χ2n) is 6.81. The molecule has 0 spiro atoms. The molecule has 0 bridgehead atoms. The smallest absolute Gasteiger partial charge is 0.341 e. The Bertz CT molecular complexity index is 929. The standard InChI is InChI=1S/C21H24N2O3/c1-13-19(21(25)26-14(2)15-8-6-5-7-9-15)20-16(12-23(3)4)18(24)11-10-17(20)22-13/h5-11,14,22,24H,12H2,1-4H3. The number of hydrogen-bond acceptors (Lipinski definition) is 4. The third kappa shape index (κ3) is 3.44. The van der Waals surface area contributed by atoms with E-state index >= 15 is 0 Å². The molecule has 3 aromatic rings. The highest BCUT2D eigenvalue weighted by molar-refractivity contribution is 6.07. The summed E-state index contributed by atoms with van der Waals surface area (Å²) >= 11 is 0. The summed E-state index contributed by atoms with van der Waals surface area (Å²) in [5, 5.41) is 11.1. The second-order valence-corrected chi connectivity index (χ2v) is 6.81. The zero-order valence-electron chi connectivity index (χ0n) is 15.5. The van der Waals surface area contributed by atoms with Crippen LogP contribution in [0.15, 0.2) is 42.5 Å². The summed E-state index contributed by atoms with van der Waals surface area (Å²) in [6.45, 7) is 4.23. The number of rotatable bonds is 5. The van der Waals surface area contributed by atoms with Gasteiger partial charge in [0.05, 0.1) is 5.56 Å². The van der Waals surface area contributed by atoms with Crippen LogP contribution in [0.5, 0.6) is 5.75 Å². The molecule has 2 aromatic carbocycles. The zero-order chi connectivity index (χ0) is 18.8. The van der Waals surface area contributed by atoms with Gasteiger partial charge >= 0.3 is 5.97 Å². The van der Waals surface area contributed by atoms with E-state index in [-0.39, 0.29) is 11.9 Å². The molecule has 5 heteroatoms. The van der Waals surface area contributed by atoms with Crippen molar-refractivity contribution in [1.82, 2.24) is 9.88 Å². The van der Waals surface area contributed by atoms with Gasteiger partial charge in [-0.25, -0.2) is 4.79 Å². The summed E-state index contributed by atoms with van der Waals surface area (Å²) in [4.78, 5) is 18.1. The number of carbonyl (C=O) groups excluding carboxylic acids is 1. The maximum Gasteiger partial charge on any atom is 0.341 e. The number of H-pyrrole nitrogens is 1. The van der Waals surface area contributed by atoms with Crippen LogP contribution in [-0.2, 0) is 11.3 Å². The van der Waals surface area contributed by atoms with E-state index in [2.05, 4.69) is 4.98 Å². The van der Waals surface area contributed by atoms with E-state index in [9.17, 15) is 9.90 Å². The van der Waals surface area contributed by atoms with Gasteiger partial charge in [-0.3, -0.25) is 0 Å². The molecule has 0 radical (unpaired) electrons. The molecular formula is C21H24N2O3. The van der Waals surface area contributed by atoms with Crippen molar-refractivity contribution in [3.05, 3.63) is 64.8 Å². The number of aromatic nitrogens is 1. The molecule has 0 saturated carbocycles. The molecule has 0 amide bonds. The number of carbonyl (C=O) groups is 1. The van der Waals surface area contributed by atoms with Crippen molar-refractivity contribution in [2.45, 2.75) is 26.5 Å². The van der Waals surface area contributed by atoms with E-state index < -0.39 is 5.97 Å². The monoisotopic (exact) mass is 352 g/mol. The molecule has 0 aliphatic rings. The molecule has 5 nitrogen and oxygen atoms in total. The maximum absolute atomic E-state index is 12.9. The molecule has 0 aliphatic carbocycles. The third-order valence-corrected chi connectivity index (χ3v) is 4.47. The van der Waals surface area contributed by atoms with E-state index in [1.165, 1.54) is 0 Å². The first-order chi connectivity index (χ1) is 12.4. The van der Waals surface area contributed by atoms with Gasteiger partial charge in [-0.05, 0) is 45.6 Å². The summed E-state index contributed by atoms with van der Waals surface area (Å²) < 4.78 is 5.72. The van der Waals surface area contributed by atoms with Gasteiger partial charge in [0.25, 0.3) is 0 Å². The zero-order valence-corrected chi connectivity index (χ0v) is 15.5. The largest absolute Gasteiger partial charge is 0.508 e. The predicted octanol–water partition coefficient (Wildman–Crippen LogP) is 4.16. The van der Waals surface area contributed by atoms with Crippen LogP contribution in [0, 0.1) is 6.92 Å². The van der Waals surface area contributed by atoms with E-state index in [0.29, 0.717) is 12.1 Å². The minimum atomic E-state index is -0.393. The summed E-state index contributed by atoms with van der Waals surface area (Å²) in [7, 11) is 3.85. The summed E-state index contributed by atoms with van der Waals surface area (Å²) in [6, 6.07) is 13.1. The number of nitrogens with zero attached hydrogens (tertiary/aromatic N) is 1. The van der Waals surface area contributed by atoms with Crippen molar-refractivity contribution in [3.8, 4) is 5.75 Å². The molecule has 1 aromatic heterocycles. The van der Waals surface area contributed by atoms with Crippen LogP contribution in [0.2, 0.25) is 0 Å². The van der Waals surface area contributed by atoms with E-state index in [1.54, 1.807) is 12.1 Å². The first-order valence-electron chi connectivity index (χ1n) is 8.62. The number of phenolic OH excluding ortho intramolecular Hbond substituents is 1. The van der Waals surface area contributed by atoms with Gasteiger partial charge in [0, 0.05) is 28.7 Å². The molecule has 0 saturated heterocycles. The van der Waals surface area contributed by atoms with Gasteiger partial charge in [-0.15, -0.1) is 0 Å². The number of aryl methyl sites for hydroxylation is 1. The highest BCUT2D eigenvalue weighted by Crippen LogP contribution is 2.33. The van der Waals surface area contributed by atoms with Gasteiger partial charge < -0.3 is 19.7 Å². The topological polar surface area (TPSA) is 65.6 Å². The minimum absolute atomic E-state index is 0.176. The Labute approximate surface area is 153 Å². The number of ether oxygens (including phenoxy) is 1. The predicted molar refractivity (Wildman–Crippen MR) is 102 cm³/mol. The van der Waals surface area contributed by atoms with Gasteiger partial charge in [-0.2, -0.15) is 0 Å². The molecule has 2 N–H and O–H groups in total. The third-order valence-electron chi connectivity index (χ3n) is 4.47. The van der Waals surface area contributed by atoms with Crippen LogP contribution in [0.3, 0.4) is 0 Å². The van der Waals surface area contributed by atoms with Gasteiger partial charge in [0.1, 0.15) is 11.9 Å². The molecular weight excluding hydrogens is 328 g/mol. The lowest BCUT2D eigenvalue weighted by Gasteiger charge is -2.16. The van der Waals surface area contributed by atoms with Gasteiger partial charge in [-0.1, -0.05) is 30.3 Å². The first-order valence-corrected chi connectivity index (χ1v) is 8.62. The lowest BCUT2D eigenvalue weighted by atomic mass is 10.0. The number of aromatic hydroxyl groups is 1. The summed E-state index contributed by atoms with van der Waals surface area (Å²) in [6.07, 6.45) is -0.359. The van der Waals surface area contributed by atoms with Crippen LogP contribution in [0.4, 0.5) is 0 Å². The molecule has 26 heavy (non-hydrogen) atoms. The number of fused-ring (bicyclic) bond motifs is 1. The van der Waals surface area contributed by atoms with E-state index in [1.807, 2.05) is 63.2 Å². The number of aromatic amines is 1. The molecule has 1 atom stereocenters. The first kappa shape index (κ1) is 18.0. The van der Waals surface area contributed by atoms with Gasteiger partial charge in [0.2, 0.25) is 0 Å². The fraction of sp³-hybridized carbons (Fsp3) is 0.286. The van der Waals surface area contributed by atoms with Crippen molar-refractivity contribution in [2.24, 2.45) is 0 Å². The van der Waals surface area contributed by atoms with Crippen LogP contribution in [-0.4, -0.2) is 35.1 Å². The minimum Gasteiger partial charge on any atom is -0.508 e. The fourth-order valence-electron chi connectivity index (χ4n) is 3.22. The Morgan fingerprint density at radius 3 is 2.54 bits per heavy atom. The van der Waals surface area contributed by atoms with Crippen LogP contribution in [0.25, 0.3) is 10.9 Å². The quantitative estimate of drug-likeness (QED) is 0.677.